The smallest absolute Gasteiger partial charge is 0.207 e. The third-order valence-corrected chi connectivity index (χ3v) is 5.89. The van der Waals surface area contributed by atoms with Crippen LogP contribution in [-0.2, 0) is 7.05 Å². The number of aromatic nitrogens is 1. The van der Waals surface area contributed by atoms with Crippen LogP contribution in [0, 0.1) is 26.5 Å². The van der Waals surface area contributed by atoms with Gasteiger partial charge in [-0.3, -0.25) is 0 Å². The van der Waals surface area contributed by atoms with E-state index >= 15 is 0 Å². The van der Waals surface area contributed by atoms with Crippen LogP contribution in [0.15, 0.2) is 60.8 Å². The lowest BCUT2D eigenvalue weighted by Crippen LogP contribution is -2.31. The largest absolute Gasteiger partial charge is 0.220 e. The van der Waals surface area contributed by atoms with Gasteiger partial charge in [0.25, 0.3) is 0 Å². The van der Waals surface area contributed by atoms with Gasteiger partial charge in [0.05, 0.1) is 16.5 Å². The van der Waals surface area contributed by atoms with Gasteiger partial charge in [0.2, 0.25) is 5.69 Å². The van der Waals surface area contributed by atoms with E-state index in [1.807, 2.05) is 20.9 Å². The van der Waals surface area contributed by atoms with Gasteiger partial charge in [-0.2, -0.15) is 4.57 Å². The van der Waals surface area contributed by atoms with E-state index < -0.39 is 6.85 Å². The monoisotopic (exact) mass is 401 g/mol. The molecule has 1 aromatic heterocycles. The summed E-state index contributed by atoms with van der Waals surface area (Å²) in [6.07, 6.45) is 2.05. The van der Waals surface area contributed by atoms with Crippen LogP contribution in [-0.4, -0.2) is 0 Å². The van der Waals surface area contributed by atoms with Crippen LogP contribution in [0.2, 0.25) is 0 Å². The van der Waals surface area contributed by atoms with Gasteiger partial charge in [0, 0.05) is 9.50 Å². The van der Waals surface area contributed by atoms with E-state index in [-0.39, 0.29) is 5.82 Å². The average Bonchev–Trinajstić information content (AvgIpc) is 2.74. The molecule has 0 radical (unpaired) electrons. The van der Waals surface area contributed by atoms with Crippen molar-refractivity contribution in [1.82, 2.24) is 0 Å². The highest BCUT2D eigenvalue weighted by molar-refractivity contribution is 6.02. The second kappa shape index (κ2) is 7.68. The van der Waals surface area contributed by atoms with Crippen LogP contribution >= 0.6 is 0 Å². The van der Waals surface area contributed by atoms with E-state index in [1.54, 1.807) is 18.2 Å². The summed E-state index contributed by atoms with van der Waals surface area (Å²) >= 11 is 0. The molecule has 1 heterocycles. The van der Waals surface area contributed by atoms with Gasteiger partial charge in [-0.05, 0) is 73.1 Å². The normalized spacial score (nSPS) is 13.4. The number of rotatable bonds is 3. The van der Waals surface area contributed by atoms with Crippen LogP contribution in [0.25, 0.3) is 33.2 Å². The quantitative estimate of drug-likeness (QED) is 0.320. The highest BCUT2D eigenvalue weighted by atomic mass is 19.1. The molecule has 0 fully saturated rings. The number of hydrogen-bond donors (Lipinski definition) is 0. The van der Waals surface area contributed by atoms with Gasteiger partial charge in [0.1, 0.15) is 12.9 Å². The van der Waals surface area contributed by atoms with Crippen LogP contribution in [0.4, 0.5) is 4.39 Å². The maximum Gasteiger partial charge on any atom is 0.220 e. The molecule has 1 nitrogen and oxygen atoms in total. The van der Waals surface area contributed by atoms with E-state index in [1.165, 1.54) is 17.7 Å². The van der Waals surface area contributed by atoms with Crippen molar-refractivity contribution in [1.29, 1.82) is 0 Å². The van der Waals surface area contributed by atoms with Gasteiger partial charge in [-0.25, -0.2) is 4.39 Å². The standard InChI is InChI=1S/C28H29FN/c1-17(2)22-9-12-24-26(15-22)28(25-14-18(3)13-19(4)20(25)5)30(6)16-27(24)21-7-10-23(29)11-8-21/h7-17H,1-6H3/q+1/i4D3. The number of aryl methyl sites for hydroxylation is 3. The van der Waals surface area contributed by atoms with Crippen LogP contribution < -0.4 is 4.57 Å². The minimum absolute atomic E-state index is 0.265. The van der Waals surface area contributed by atoms with Gasteiger partial charge < -0.3 is 0 Å². The van der Waals surface area contributed by atoms with Gasteiger partial charge in [-0.15, -0.1) is 0 Å². The molecular weight excluding hydrogens is 369 g/mol. The topological polar surface area (TPSA) is 3.88 Å². The van der Waals surface area contributed by atoms with Crippen molar-refractivity contribution in [3.8, 4) is 22.4 Å². The predicted molar refractivity (Wildman–Crippen MR) is 124 cm³/mol. The zero-order chi connectivity index (χ0) is 24.1. The Morgan fingerprint density at radius 2 is 1.63 bits per heavy atom. The van der Waals surface area contributed by atoms with E-state index in [2.05, 4.69) is 48.9 Å². The molecule has 0 atom stereocenters. The Bertz CT molecular complexity index is 1350. The third kappa shape index (κ3) is 3.52. The first kappa shape index (κ1) is 16.8. The number of fused-ring (bicyclic) bond motifs is 1. The molecule has 0 bridgehead atoms. The Morgan fingerprint density at radius 3 is 2.30 bits per heavy atom. The number of pyridine rings is 1. The minimum atomic E-state index is -2.18. The summed E-state index contributed by atoms with van der Waals surface area (Å²) in [4.78, 5) is 0. The Morgan fingerprint density at radius 1 is 0.900 bits per heavy atom. The molecule has 0 amide bonds. The molecule has 30 heavy (non-hydrogen) atoms. The van der Waals surface area contributed by atoms with E-state index in [4.69, 9.17) is 4.11 Å². The zero-order valence-corrected chi connectivity index (χ0v) is 18.2. The molecule has 0 saturated carbocycles. The van der Waals surface area contributed by atoms with Crippen molar-refractivity contribution in [3.05, 3.63) is 88.9 Å². The Balaban J connectivity index is 2.12. The highest BCUT2D eigenvalue weighted by Gasteiger charge is 2.22. The highest BCUT2D eigenvalue weighted by Crippen LogP contribution is 2.36. The van der Waals surface area contributed by atoms with Crippen LogP contribution in [0.1, 0.15) is 46.1 Å². The first-order chi connectivity index (χ1) is 15.5. The van der Waals surface area contributed by atoms with Crippen molar-refractivity contribution in [2.45, 2.75) is 40.5 Å². The zero-order valence-electron chi connectivity index (χ0n) is 21.2. The number of nitrogens with zero attached hydrogens (tertiary/aromatic N) is 1. The molecule has 0 unspecified atom stereocenters. The van der Waals surface area contributed by atoms with Crippen molar-refractivity contribution in [3.63, 3.8) is 0 Å². The maximum absolute atomic E-state index is 13.6. The summed E-state index contributed by atoms with van der Waals surface area (Å²) in [6, 6.07) is 16.9. The third-order valence-electron chi connectivity index (χ3n) is 5.89. The van der Waals surface area contributed by atoms with Crippen LogP contribution in [0.3, 0.4) is 0 Å². The second-order valence-electron chi connectivity index (χ2n) is 8.45. The lowest BCUT2D eigenvalue weighted by atomic mass is 9.90. The average molecular weight is 402 g/mol. The molecule has 0 spiro atoms. The lowest BCUT2D eigenvalue weighted by molar-refractivity contribution is -0.658. The molecule has 2 heteroatoms. The van der Waals surface area contributed by atoms with Crippen molar-refractivity contribution < 1.29 is 13.1 Å². The molecule has 0 aliphatic carbocycles. The van der Waals surface area contributed by atoms with Gasteiger partial charge in [-0.1, -0.05) is 49.7 Å². The van der Waals surface area contributed by atoms with Gasteiger partial charge >= 0.3 is 0 Å². The number of halogens is 1. The first-order valence-electron chi connectivity index (χ1n) is 11.8. The van der Waals surface area contributed by atoms with Crippen molar-refractivity contribution >= 4 is 10.8 Å². The minimum Gasteiger partial charge on any atom is -0.207 e. The summed E-state index contributed by atoms with van der Waals surface area (Å²) in [6.45, 7) is 5.97. The molecular formula is C28H29FN+. The summed E-state index contributed by atoms with van der Waals surface area (Å²) in [5.74, 6) is 0.0808. The Kier molecular flexibility index (Phi) is 4.29. The molecule has 0 aliphatic heterocycles. The lowest BCUT2D eigenvalue weighted by Gasteiger charge is -2.15. The summed E-state index contributed by atoms with van der Waals surface area (Å²) in [7, 11) is 1.99. The first-order valence-corrected chi connectivity index (χ1v) is 10.3. The summed E-state index contributed by atoms with van der Waals surface area (Å²) in [5.41, 5.74) is 7.11. The summed E-state index contributed by atoms with van der Waals surface area (Å²) in [5, 5.41) is 2.10. The maximum atomic E-state index is 13.6. The molecule has 4 rings (SSSR count). The SMILES string of the molecule is [2H]C([2H])([2H])c1cc(C)cc(-c2c3cc(C(C)C)ccc3c(-c3ccc(F)cc3)c[n+]2C)c1C. The van der Waals surface area contributed by atoms with E-state index in [0.717, 1.165) is 44.3 Å². The fraction of sp³-hybridized carbons (Fsp3) is 0.250. The second-order valence-corrected chi connectivity index (χ2v) is 8.45. The number of hydrogen-bond acceptors (Lipinski definition) is 0. The molecule has 3 aromatic carbocycles. The molecule has 0 aliphatic rings. The number of benzene rings is 3. The molecule has 0 saturated heterocycles. The predicted octanol–water partition coefficient (Wildman–Crippen LogP) is 7.19. The van der Waals surface area contributed by atoms with Crippen LogP contribution in [0.5, 0.6) is 0 Å². The van der Waals surface area contributed by atoms with Crippen molar-refractivity contribution in [2.24, 2.45) is 7.05 Å². The molecule has 4 aromatic rings. The Labute approximate surface area is 183 Å². The van der Waals surface area contributed by atoms with E-state index in [9.17, 15) is 4.39 Å². The molecule has 0 N–H and O–H groups in total. The van der Waals surface area contributed by atoms with E-state index in [0.29, 0.717) is 11.5 Å². The Hall–Kier alpha value is -3.00. The van der Waals surface area contributed by atoms with Crippen molar-refractivity contribution in [2.75, 3.05) is 0 Å². The fourth-order valence-corrected chi connectivity index (χ4v) is 4.17. The molecule has 152 valence electrons. The van der Waals surface area contributed by atoms with Gasteiger partial charge in [0.15, 0.2) is 6.20 Å². The fourth-order valence-electron chi connectivity index (χ4n) is 4.17. The summed E-state index contributed by atoms with van der Waals surface area (Å²) < 4.78 is 39.8.